The fourth-order valence-corrected chi connectivity index (χ4v) is 3.57. The van der Waals surface area contributed by atoms with E-state index in [-0.39, 0.29) is 11.6 Å². The van der Waals surface area contributed by atoms with Gasteiger partial charge in [-0.3, -0.25) is 10.5 Å². The Labute approximate surface area is 174 Å². The molecule has 1 aliphatic rings. The third-order valence-electron chi connectivity index (χ3n) is 5.19. The van der Waals surface area contributed by atoms with Gasteiger partial charge in [-0.05, 0) is 42.0 Å². The van der Waals surface area contributed by atoms with E-state index in [0.29, 0.717) is 29.9 Å². The second-order valence-electron chi connectivity index (χ2n) is 7.46. The zero-order valence-corrected chi connectivity index (χ0v) is 16.9. The highest BCUT2D eigenvalue weighted by atomic mass is 16.5. The Morgan fingerprint density at radius 2 is 2.03 bits per heavy atom. The average molecular weight is 407 g/mol. The van der Waals surface area contributed by atoms with Crippen LogP contribution in [0.2, 0.25) is 0 Å². The van der Waals surface area contributed by atoms with Crippen molar-refractivity contribution in [3.8, 4) is 11.5 Å². The number of unbranched alkanes of at least 4 members (excludes halogenated alkanes) is 3. The number of nitrogens with one attached hydrogen (secondary N) is 1. The molecule has 0 aliphatic carbocycles. The van der Waals surface area contributed by atoms with Gasteiger partial charge in [0.05, 0.1) is 12.2 Å². The number of ether oxygens (including phenoxy) is 2. The molecule has 0 amide bonds. The zero-order chi connectivity index (χ0) is 21.0. The van der Waals surface area contributed by atoms with Crippen molar-refractivity contribution in [1.29, 1.82) is 0 Å². The molecule has 0 saturated carbocycles. The third-order valence-corrected chi connectivity index (χ3v) is 5.19. The van der Waals surface area contributed by atoms with E-state index in [1.54, 1.807) is 18.2 Å². The minimum atomic E-state index is -1.25. The fourth-order valence-electron chi connectivity index (χ4n) is 3.57. The van der Waals surface area contributed by atoms with Gasteiger partial charge in [-0.2, -0.15) is 5.21 Å². The second kappa shape index (κ2) is 8.62. The van der Waals surface area contributed by atoms with Gasteiger partial charge < -0.3 is 9.47 Å². The van der Waals surface area contributed by atoms with Crippen molar-refractivity contribution in [2.75, 3.05) is 6.61 Å². The Bertz CT molecular complexity index is 1000. The van der Waals surface area contributed by atoms with E-state index in [4.69, 9.17) is 15.2 Å². The smallest absolute Gasteiger partial charge is 0.233 e. The minimum Gasteiger partial charge on any atom is -0.494 e. The van der Waals surface area contributed by atoms with E-state index < -0.39 is 5.72 Å². The summed E-state index contributed by atoms with van der Waals surface area (Å²) in [5.74, 6) is 1.33. The molecule has 156 valence electrons. The molecule has 8 nitrogen and oxygen atoms in total. The molecule has 3 N–H and O–H groups in total. The van der Waals surface area contributed by atoms with Crippen LogP contribution in [0.25, 0.3) is 0 Å². The van der Waals surface area contributed by atoms with E-state index >= 15 is 0 Å². The van der Waals surface area contributed by atoms with Gasteiger partial charge in [0.15, 0.2) is 5.78 Å². The highest BCUT2D eigenvalue weighted by molar-refractivity contribution is 6.11. The SMILES string of the molecule is CCCCCCOc1ccc(C(=O)c2cccc3c2OC(N)(c2nn[nH]n2)C3)cc1. The number of aromatic nitrogens is 4. The third kappa shape index (κ3) is 4.04. The van der Waals surface area contributed by atoms with Crippen LogP contribution in [0.1, 0.15) is 59.9 Å². The van der Waals surface area contributed by atoms with E-state index in [2.05, 4.69) is 27.5 Å². The molecular weight excluding hydrogens is 382 g/mol. The molecule has 4 rings (SSSR count). The summed E-state index contributed by atoms with van der Waals surface area (Å²) in [6.45, 7) is 2.87. The number of tetrazole rings is 1. The Balaban J connectivity index is 1.47. The van der Waals surface area contributed by atoms with E-state index in [9.17, 15) is 4.79 Å². The first-order valence-electron chi connectivity index (χ1n) is 10.2. The number of ketones is 1. The van der Waals surface area contributed by atoms with Gasteiger partial charge in [-0.15, -0.1) is 10.2 Å². The number of H-pyrrole nitrogens is 1. The van der Waals surface area contributed by atoms with Gasteiger partial charge in [0.1, 0.15) is 11.5 Å². The fraction of sp³-hybridized carbons (Fsp3) is 0.364. The number of carbonyl (C=O) groups excluding carboxylic acids is 1. The average Bonchev–Trinajstić information content (AvgIpc) is 3.41. The first kappa shape index (κ1) is 20.0. The maximum absolute atomic E-state index is 13.1. The van der Waals surface area contributed by atoms with Crippen LogP contribution in [0.5, 0.6) is 11.5 Å². The molecule has 1 aromatic heterocycles. The Hall–Kier alpha value is -3.26. The number of rotatable bonds is 9. The molecule has 2 heterocycles. The molecule has 3 aromatic rings. The van der Waals surface area contributed by atoms with Gasteiger partial charge in [0, 0.05) is 17.5 Å². The van der Waals surface area contributed by atoms with Crippen LogP contribution < -0.4 is 15.2 Å². The van der Waals surface area contributed by atoms with Crippen molar-refractivity contribution in [3.63, 3.8) is 0 Å². The molecule has 0 saturated heterocycles. The lowest BCUT2D eigenvalue weighted by Gasteiger charge is -2.19. The van der Waals surface area contributed by atoms with Crippen molar-refractivity contribution in [1.82, 2.24) is 20.6 Å². The number of hydrogen-bond acceptors (Lipinski definition) is 7. The molecule has 0 spiro atoms. The first-order valence-corrected chi connectivity index (χ1v) is 10.2. The molecule has 0 bridgehead atoms. The van der Waals surface area contributed by atoms with Crippen LogP contribution in [-0.4, -0.2) is 33.0 Å². The highest BCUT2D eigenvalue weighted by Gasteiger charge is 2.42. The van der Waals surface area contributed by atoms with E-state index in [1.165, 1.54) is 19.3 Å². The van der Waals surface area contributed by atoms with Crippen LogP contribution in [0.4, 0.5) is 0 Å². The van der Waals surface area contributed by atoms with Crippen LogP contribution in [-0.2, 0) is 12.1 Å². The van der Waals surface area contributed by atoms with E-state index in [0.717, 1.165) is 17.7 Å². The molecule has 8 heteroatoms. The number of nitrogens with zero attached hydrogens (tertiary/aromatic N) is 3. The summed E-state index contributed by atoms with van der Waals surface area (Å²) < 4.78 is 11.7. The van der Waals surface area contributed by atoms with Crippen LogP contribution in [0, 0.1) is 0 Å². The number of carbonyl (C=O) groups is 1. The normalized spacial score (nSPS) is 17.4. The predicted octanol–water partition coefficient (Wildman–Crippen LogP) is 3.14. The summed E-state index contributed by atoms with van der Waals surface area (Å²) >= 11 is 0. The first-order chi connectivity index (χ1) is 14.6. The van der Waals surface area contributed by atoms with Gasteiger partial charge in [-0.1, -0.05) is 38.3 Å². The summed E-state index contributed by atoms with van der Waals surface area (Å²) in [5.41, 5.74) is 6.94. The van der Waals surface area contributed by atoms with Gasteiger partial charge >= 0.3 is 0 Å². The number of aromatic amines is 1. The largest absolute Gasteiger partial charge is 0.494 e. The van der Waals surface area contributed by atoms with Crippen molar-refractivity contribution in [2.45, 2.75) is 44.8 Å². The summed E-state index contributed by atoms with van der Waals surface area (Å²) in [7, 11) is 0. The van der Waals surface area contributed by atoms with E-state index in [1.807, 2.05) is 24.3 Å². The molecule has 0 radical (unpaired) electrons. The summed E-state index contributed by atoms with van der Waals surface area (Å²) in [5, 5.41) is 13.8. The predicted molar refractivity (Wildman–Crippen MR) is 110 cm³/mol. The monoisotopic (exact) mass is 407 g/mol. The lowest BCUT2D eigenvalue weighted by molar-refractivity contribution is 0.0873. The van der Waals surface area contributed by atoms with Crippen molar-refractivity contribution in [2.24, 2.45) is 5.73 Å². The highest BCUT2D eigenvalue weighted by Crippen LogP contribution is 2.40. The van der Waals surface area contributed by atoms with Gasteiger partial charge in [0.2, 0.25) is 11.5 Å². The molecule has 30 heavy (non-hydrogen) atoms. The quantitative estimate of drug-likeness (QED) is 0.413. The zero-order valence-electron chi connectivity index (χ0n) is 16.9. The Kier molecular flexibility index (Phi) is 5.76. The standard InChI is InChI=1S/C22H25N5O3/c1-2-3-4-5-13-29-17-11-9-15(10-12-17)19(28)18-8-6-7-16-14-22(23,30-20(16)18)21-24-26-27-25-21/h6-12H,2-5,13-14,23H2,1H3,(H,24,25,26,27). The van der Waals surface area contributed by atoms with Crippen LogP contribution in [0.3, 0.4) is 0 Å². The number of para-hydroxylation sites is 1. The molecule has 1 aliphatic heterocycles. The number of benzene rings is 2. The number of nitrogens with two attached hydrogens (primary N) is 1. The summed E-state index contributed by atoms with van der Waals surface area (Å²) in [6.07, 6.45) is 4.97. The Morgan fingerprint density at radius 1 is 1.20 bits per heavy atom. The maximum Gasteiger partial charge on any atom is 0.233 e. The molecule has 0 fully saturated rings. The van der Waals surface area contributed by atoms with Gasteiger partial charge in [-0.25, -0.2) is 0 Å². The van der Waals surface area contributed by atoms with Gasteiger partial charge in [0.25, 0.3) is 0 Å². The molecule has 1 atom stereocenters. The minimum absolute atomic E-state index is 0.140. The Morgan fingerprint density at radius 3 is 2.77 bits per heavy atom. The molecule has 2 aromatic carbocycles. The maximum atomic E-state index is 13.1. The summed E-state index contributed by atoms with van der Waals surface area (Å²) in [4.78, 5) is 13.1. The number of hydrogen-bond donors (Lipinski definition) is 2. The summed E-state index contributed by atoms with van der Waals surface area (Å²) in [6, 6.07) is 12.6. The van der Waals surface area contributed by atoms with Crippen molar-refractivity contribution >= 4 is 5.78 Å². The lowest BCUT2D eigenvalue weighted by Crippen LogP contribution is -2.42. The van der Waals surface area contributed by atoms with Crippen LogP contribution >= 0.6 is 0 Å². The molecular formula is C22H25N5O3. The van der Waals surface area contributed by atoms with Crippen LogP contribution in [0.15, 0.2) is 42.5 Å². The second-order valence-corrected chi connectivity index (χ2v) is 7.46. The van der Waals surface area contributed by atoms with Crippen molar-refractivity contribution < 1.29 is 14.3 Å². The van der Waals surface area contributed by atoms with Crippen molar-refractivity contribution in [3.05, 3.63) is 65.0 Å². The molecule has 1 unspecified atom stereocenters. The number of fused-ring (bicyclic) bond motifs is 1. The topological polar surface area (TPSA) is 116 Å². The lowest BCUT2D eigenvalue weighted by atomic mass is 9.98.